The molecule has 0 spiro atoms. The molecular weight excluding hydrogens is 284 g/mol. The fourth-order valence-electron chi connectivity index (χ4n) is 5.94. The molecule has 23 heavy (non-hydrogen) atoms. The lowest BCUT2D eigenvalue weighted by molar-refractivity contribution is -0.120. The molecule has 0 saturated heterocycles. The minimum atomic E-state index is -0.502. The van der Waals surface area contributed by atoms with E-state index in [4.69, 9.17) is 0 Å². The largest absolute Gasteiger partial charge is 0.390 e. The van der Waals surface area contributed by atoms with Crippen molar-refractivity contribution in [3.8, 4) is 0 Å². The number of allylic oxidation sites excluding steroid dienone is 2. The van der Waals surface area contributed by atoms with Crippen LogP contribution in [0.2, 0.25) is 0 Å². The van der Waals surface area contributed by atoms with Crippen LogP contribution in [-0.4, -0.2) is 16.5 Å². The van der Waals surface area contributed by atoms with E-state index in [9.17, 15) is 9.90 Å². The van der Waals surface area contributed by atoms with Crippen molar-refractivity contribution in [2.75, 3.05) is 0 Å². The van der Waals surface area contributed by atoms with Crippen molar-refractivity contribution in [1.82, 2.24) is 0 Å². The van der Waals surface area contributed by atoms with Gasteiger partial charge in [0.15, 0.2) is 0 Å². The van der Waals surface area contributed by atoms with Crippen LogP contribution in [0, 0.1) is 29.1 Å². The zero-order valence-electron chi connectivity index (χ0n) is 15.4. The Morgan fingerprint density at radius 3 is 2.74 bits per heavy atom. The Hall–Kier alpha value is -0.630. The molecule has 5 unspecified atom stereocenters. The first kappa shape index (κ1) is 17.2. The van der Waals surface area contributed by atoms with Crippen LogP contribution in [0.3, 0.4) is 0 Å². The van der Waals surface area contributed by atoms with E-state index in [1.54, 1.807) is 0 Å². The molecule has 2 saturated carbocycles. The maximum Gasteiger partial charge on any atom is 0.133 e. The molecule has 1 N–H and O–H groups in total. The molecule has 2 nitrogen and oxygen atoms in total. The molecule has 2 fully saturated rings. The first-order valence-electron chi connectivity index (χ1n) is 9.71. The average Bonchev–Trinajstić information content (AvgIpc) is 2.71. The number of carbonyl (C=O) groups excluding carboxylic acids is 1. The number of Topliss-reactive ketones (excluding diaryl/α,β-unsaturated/α-hetero) is 1. The van der Waals surface area contributed by atoms with E-state index in [0.717, 1.165) is 44.4 Å². The van der Waals surface area contributed by atoms with Gasteiger partial charge in [-0.3, -0.25) is 4.79 Å². The maximum absolute atomic E-state index is 12.1. The highest BCUT2D eigenvalue weighted by Crippen LogP contribution is 2.62. The molecule has 0 amide bonds. The molecule has 0 aromatic rings. The number of fused-ring (bicyclic) bond motifs is 3. The van der Waals surface area contributed by atoms with Crippen molar-refractivity contribution in [2.24, 2.45) is 29.1 Å². The van der Waals surface area contributed by atoms with Crippen molar-refractivity contribution >= 4 is 5.78 Å². The monoisotopic (exact) mass is 318 g/mol. The summed E-state index contributed by atoms with van der Waals surface area (Å²) in [4.78, 5) is 12.1. The Morgan fingerprint density at radius 2 is 2.04 bits per heavy atom. The highest BCUT2D eigenvalue weighted by atomic mass is 16.3. The zero-order chi connectivity index (χ0) is 16.8. The summed E-state index contributed by atoms with van der Waals surface area (Å²) < 4.78 is 0. The normalized spacial score (nSPS) is 46.0. The predicted molar refractivity (Wildman–Crippen MR) is 94.1 cm³/mol. The molecule has 0 radical (unpaired) electrons. The summed E-state index contributed by atoms with van der Waals surface area (Å²) in [5.41, 5.74) is 1.01. The lowest BCUT2D eigenvalue weighted by Gasteiger charge is -2.52. The van der Waals surface area contributed by atoms with E-state index in [1.807, 2.05) is 0 Å². The fourth-order valence-corrected chi connectivity index (χ4v) is 5.94. The first-order chi connectivity index (χ1) is 10.8. The van der Waals surface area contributed by atoms with Crippen LogP contribution in [0.1, 0.15) is 79.1 Å². The van der Waals surface area contributed by atoms with Crippen molar-refractivity contribution in [3.63, 3.8) is 0 Å². The molecule has 3 rings (SSSR count). The van der Waals surface area contributed by atoms with Gasteiger partial charge in [-0.1, -0.05) is 25.5 Å². The van der Waals surface area contributed by atoms with Gasteiger partial charge < -0.3 is 5.11 Å². The molecule has 2 heteroatoms. The summed E-state index contributed by atoms with van der Waals surface area (Å²) in [6.07, 6.45) is 10.6. The van der Waals surface area contributed by atoms with Crippen molar-refractivity contribution < 1.29 is 9.90 Å². The van der Waals surface area contributed by atoms with Crippen molar-refractivity contribution in [2.45, 2.75) is 84.7 Å². The Balaban J connectivity index is 1.78. The van der Waals surface area contributed by atoms with Gasteiger partial charge in [0.05, 0.1) is 5.60 Å². The van der Waals surface area contributed by atoms with Gasteiger partial charge in [-0.2, -0.15) is 0 Å². The van der Waals surface area contributed by atoms with Gasteiger partial charge in [0, 0.05) is 12.8 Å². The number of aliphatic hydroxyl groups is 1. The van der Waals surface area contributed by atoms with Gasteiger partial charge in [0.1, 0.15) is 5.78 Å². The number of hydrogen-bond donors (Lipinski definition) is 1. The lowest BCUT2D eigenvalue weighted by atomic mass is 9.54. The molecule has 0 aromatic heterocycles. The van der Waals surface area contributed by atoms with Gasteiger partial charge in [0.2, 0.25) is 0 Å². The molecule has 0 aliphatic heterocycles. The summed E-state index contributed by atoms with van der Waals surface area (Å²) >= 11 is 0. The second-order valence-corrected chi connectivity index (χ2v) is 9.05. The Bertz CT molecular complexity index is 504. The molecule has 3 aliphatic carbocycles. The fraction of sp³-hybridized carbons (Fsp3) is 0.857. The smallest absolute Gasteiger partial charge is 0.133 e. The summed E-state index contributed by atoms with van der Waals surface area (Å²) in [5, 5.41) is 10.9. The number of ketones is 1. The van der Waals surface area contributed by atoms with E-state index >= 15 is 0 Å². The third kappa shape index (κ3) is 2.81. The molecule has 3 aliphatic rings. The SMILES string of the molecule is CCCC(=O)CC1CC2CCC3(C)C(CC[C@]3(C)O)C2C=C1C. The quantitative estimate of drug-likeness (QED) is 0.748. The number of carbonyl (C=O) groups is 1. The summed E-state index contributed by atoms with van der Waals surface area (Å²) in [7, 11) is 0. The highest BCUT2D eigenvalue weighted by molar-refractivity contribution is 5.78. The number of hydrogen-bond acceptors (Lipinski definition) is 2. The van der Waals surface area contributed by atoms with Crippen LogP contribution in [0.15, 0.2) is 11.6 Å². The van der Waals surface area contributed by atoms with Crippen LogP contribution in [0.25, 0.3) is 0 Å². The van der Waals surface area contributed by atoms with Crippen molar-refractivity contribution in [1.29, 1.82) is 0 Å². The lowest BCUT2D eigenvalue weighted by Crippen LogP contribution is -2.49. The molecule has 130 valence electrons. The third-order valence-electron chi connectivity index (χ3n) is 7.72. The highest BCUT2D eigenvalue weighted by Gasteiger charge is 2.59. The second kappa shape index (κ2) is 6.02. The maximum atomic E-state index is 12.1. The number of rotatable bonds is 4. The summed E-state index contributed by atoms with van der Waals surface area (Å²) in [6.45, 7) is 8.70. The van der Waals surface area contributed by atoms with Crippen LogP contribution < -0.4 is 0 Å². The van der Waals surface area contributed by atoms with Gasteiger partial charge >= 0.3 is 0 Å². The Labute approximate surface area is 141 Å². The predicted octanol–water partition coefficient (Wildman–Crippen LogP) is 4.91. The minimum absolute atomic E-state index is 0.0792. The van der Waals surface area contributed by atoms with Gasteiger partial charge in [-0.15, -0.1) is 0 Å². The van der Waals surface area contributed by atoms with Crippen LogP contribution >= 0.6 is 0 Å². The first-order valence-corrected chi connectivity index (χ1v) is 9.71. The zero-order valence-corrected chi connectivity index (χ0v) is 15.4. The second-order valence-electron chi connectivity index (χ2n) is 9.05. The molecule has 0 heterocycles. The minimum Gasteiger partial charge on any atom is -0.390 e. The van der Waals surface area contributed by atoms with Crippen LogP contribution in [0.4, 0.5) is 0 Å². The Morgan fingerprint density at radius 1 is 1.30 bits per heavy atom. The average molecular weight is 319 g/mol. The van der Waals surface area contributed by atoms with Crippen LogP contribution in [-0.2, 0) is 4.79 Å². The van der Waals surface area contributed by atoms with Gasteiger partial charge in [-0.25, -0.2) is 0 Å². The van der Waals surface area contributed by atoms with E-state index in [0.29, 0.717) is 23.5 Å². The van der Waals surface area contributed by atoms with E-state index in [2.05, 4.69) is 33.8 Å². The standard InChI is InChI=1S/C21H34O2/c1-5-6-17(22)13-16-12-15-7-9-20(3)19(8-10-21(20,4)23)18(15)11-14(16)2/h11,15-16,18-19,23H,5-10,12-13H2,1-4H3/t15?,16?,18?,19?,20?,21-/m0/s1. The Kier molecular flexibility index (Phi) is 4.50. The summed E-state index contributed by atoms with van der Waals surface area (Å²) in [5.74, 6) is 2.89. The third-order valence-corrected chi connectivity index (χ3v) is 7.72. The summed E-state index contributed by atoms with van der Waals surface area (Å²) in [6, 6.07) is 0. The van der Waals surface area contributed by atoms with E-state index in [-0.39, 0.29) is 5.41 Å². The molecular formula is C21H34O2. The molecule has 0 bridgehead atoms. The topological polar surface area (TPSA) is 37.3 Å². The van der Waals surface area contributed by atoms with Gasteiger partial charge in [0.25, 0.3) is 0 Å². The van der Waals surface area contributed by atoms with E-state index in [1.165, 1.54) is 18.4 Å². The van der Waals surface area contributed by atoms with Crippen LogP contribution in [0.5, 0.6) is 0 Å². The van der Waals surface area contributed by atoms with E-state index < -0.39 is 5.60 Å². The van der Waals surface area contributed by atoms with Crippen molar-refractivity contribution in [3.05, 3.63) is 11.6 Å². The molecule has 0 aromatic carbocycles. The molecule has 6 atom stereocenters. The van der Waals surface area contributed by atoms with Gasteiger partial charge in [-0.05, 0) is 81.5 Å².